The fourth-order valence-corrected chi connectivity index (χ4v) is 1.69. The van der Waals surface area contributed by atoms with Gasteiger partial charge in [0.05, 0.1) is 6.54 Å². The quantitative estimate of drug-likeness (QED) is 0.633. The van der Waals surface area contributed by atoms with E-state index < -0.39 is 0 Å². The number of hydrogen-bond acceptors (Lipinski definition) is 4. The van der Waals surface area contributed by atoms with Crippen LogP contribution in [0.5, 0.6) is 0 Å². The van der Waals surface area contributed by atoms with Crippen molar-refractivity contribution in [3.8, 4) is 0 Å². The van der Waals surface area contributed by atoms with Crippen LogP contribution in [-0.4, -0.2) is 57.5 Å². The molecule has 0 aromatic heterocycles. The van der Waals surface area contributed by atoms with Gasteiger partial charge in [0.2, 0.25) is 5.91 Å². The first-order valence-corrected chi connectivity index (χ1v) is 6.96. The Labute approximate surface area is 150 Å². The second-order valence-electron chi connectivity index (χ2n) is 5.06. The molecule has 3 N–H and O–H groups in total. The van der Waals surface area contributed by atoms with E-state index in [4.69, 9.17) is 0 Å². The van der Waals surface area contributed by atoms with Gasteiger partial charge in [-0.05, 0) is 38.8 Å². The zero-order valence-electron chi connectivity index (χ0n) is 13.7. The largest absolute Gasteiger partial charge is 0.351 e. The summed E-state index contributed by atoms with van der Waals surface area (Å²) in [6.07, 6.45) is 0. The van der Waals surface area contributed by atoms with E-state index in [0.717, 1.165) is 12.1 Å². The van der Waals surface area contributed by atoms with Crippen LogP contribution in [0.3, 0.4) is 0 Å². The van der Waals surface area contributed by atoms with E-state index in [2.05, 4.69) is 16.0 Å². The third kappa shape index (κ3) is 10.1. The second kappa shape index (κ2) is 13.1. The third-order valence-corrected chi connectivity index (χ3v) is 2.89. The van der Waals surface area contributed by atoms with Crippen molar-refractivity contribution < 1.29 is 9.59 Å². The predicted octanol–water partition coefficient (Wildman–Crippen LogP) is 0.657. The van der Waals surface area contributed by atoms with Crippen LogP contribution in [0.15, 0.2) is 24.3 Å². The minimum atomic E-state index is -0.0809. The molecule has 0 aliphatic heterocycles. The van der Waals surface area contributed by atoms with E-state index in [9.17, 15) is 9.59 Å². The van der Waals surface area contributed by atoms with Crippen LogP contribution < -0.4 is 16.0 Å². The van der Waals surface area contributed by atoms with Gasteiger partial charge in [0.25, 0.3) is 5.91 Å². The molecule has 0 unspecified atom stereocenters. The van der Waals surface area contributed by atoms with Crippen LogP contribution in [0.25, 0.3) is 0 Å². The molecule has 0 saturated carbocycles. The number of likely N-dealkylation sites (N-methyl/N-ethyl adjacent to an activating group) is 2. The maximum atomic E-state index is 11.9. The number of benzene rings is 1. The topological polar surface area (TPSA) is 73.5 Å². The molecule has 0 spiro atoms. The van der Waals surface area contributed by atoms with E-state index in [-0.39, 0.29) is 36.6 Å². The number of carbonyl (C=O) groups excluding carboxylic acids is 2. The van der Waals surface area contributed by atoms with Crippen molar-refractivity contribution >= 4 is 36.6 Å². The summed E-state index contributed by atoms with van der Waals surface area (Å²) >= 11 is 0. The first-order chi connectivity index (χ1) is 10.0. The maximum absolute atomic E-state index is 11.9. The SMILES string of the molecule is CNCC(=O)NCc1ccc(C(=O)NCCN(C)C)cc1.Cl.Cl. The van der Waals surface area contributed by atoms with Gasteiger partial charge in [-0.15, -0.1) is 24.8 Å². The summed E-state index contributed by atoms with van der Waals surface area (Å²) in [5.74, 6) is -0.134. The second-order valence-corrected chi connectivity index (χ2v) is 5.06. The molecule has 0 saturated heterocycles. The predicted molar refractivity (Wildman–Crippen MR) is 97.6 cm³/mol. The third-order valence-electron chi connectivity index (χ3n) is 2.89. The molecule has 2 amide bonds. The Morgan fingerprint density at radius 2 is 1.65 bits per heavy atom. The summed E-state index contributed by atoms with van der Waals surface area (Å²) in [4.78, 5) is 25.2. The molecule has 0 heterocycles. The number of halogens is 2. The molecule has 0 atom stereocenters. The van der Waals surface area contributed by atoms with Crippen molar-refractivity contribution in [1.82, 2.24) is 20.9 Å². The zero-order chi connectivity index (χ0) is 15.7. The van der Waals surface area contributed by atoms with Crippen molar-refractivity contribution in [3.05, 3.63) is 35.4 Å². The lowest BCUT2D eigenvalue weighted by Crippen LogP contribution is -2.32. The molecule has 1 aromatic rings. The minimum absolute atomic E-state index is 0. The highest BCUT2D eigenvalue weighted by Gasteiger charge is 2.05. The summed E-state index contributed by atoms with van der Waals surface area (Å²) in [7, 11) is 5.65. The average molecular weight is 365 g/mol. The Balaban J connectivity index is 0. The molecule has 1 rings (SSSR count). The number of nitrogens with one attached hydrogen (secondary N) is 3. The van der Waals surface area contributed by atoms with E-state index >= 15 is 0 Å². The smallest absolute Gasteiger partial charge is 0.251 e. The summed E-state index contributed by atoms with van der Waals surface area (Å²) in [5.41, 5.74) is 1.59. The fraction of sp³-hybridized carbons (Fsp3) is 0.467. The molecular weight excluding hydrogens is 339 g/mol. The van der Waals surface area contributed by atoms with Crippen LogP contribution in [0, 0.1) is 0 Å². The lowest BCUT2D eigenvalue weighted by atomic mass is 10.1. The maximum Gasteiger partial charge on any atom is 0.251 e. The van der Waals surface area contributed by atoms with Crippen LogP contribution in [0.2, 0.25) is 0 Å². The van der Waals surface area contributed by atoms with Crippen LogP contribution in [0.4, 0.5) is 0 Å². The van der Waals surface area contributed by atoms with Gasteiger partial charge in [0.1, 0.15) is 0 Å². The summed E-state index contributed by atoms with van der Waals surface area (Å²) < 4.78 is 0. The van der Waals surface area contributed by atoms with Gasteiger partial charge in [0.15, 0.2) is 0 Å². The van der Waals surface area contributed by atoms with Gasteiger partial charge >= 0.3 is 0 Å². The monoisotopic (exact) mass is 364 g/mol. The molecule has 0 aliphatic carbocycles. The Morgan fingerprint density at radius 1 is 1.04 bits per heavy atom. The normalized spacial score (nSPS) is 9.57. The lowest BCUT2D eigenvalue weighted by Gasteiger charge is -2.10. The highest BCUT2D eigenvalue weighted by molar-refractivity contribution is 5.94. The number of carbonyl (C=O) groups is 2. The van der Waals surface area contributed by atoms with E-state index in [1.54, 1.807) is 19.2 Å². The highest BCUT2D eigenvalue weighted by Crippen LogP contribution is 2.04. The molecule has 1 aromatic carbocycles. The Bertz CT molecular complexity index is 467. The molecule has 0 radical (unpaired) electrons. The number of rotatable bonds is 8. The zero-order valence-corrected chi connectivity index (χ0v) is 15.4. The molecule has 132 valence electrons. The van der Waals surface area contributed by atoms with Gasteiger partial charge < -0.3 is 20.9 Å². The highest BCUT2D eigenvalue weighted by atomic mass is 35.5. The van der Waals surface area contributed by atoms with Crippen molar-refractivity contribution in [3.63, 3.8) is 0 Å². The summed E-state index contributed by atoms with van der Waals surface area (Å²) in [6.45, 7) is 2.18. The van der Waals surface area contributed by atoms with E-state index in [1.807, 2.05) is 31.1 Å². The Hall–Kier alpha value is -1.34. The van der Waals surface area contributed by atoms with Gasteiger partial charge in [-0.2, -0.15) is 0 Å². The van der Waals surface area contributed by atoms with Crippen molar-refractivity contribution in [2.45, 2.75) is 6.54 Å². The van der Waals surface area contributed by atoms with Crippen molar-refractivity contribution in [2.75, 3.05) is 40.8 Å². The van der Waals surface area contributed by atoms with Gasteiger partial charge in [0, 0.05) is 25.2 Å². The van der Waals surface area contributed by atoms with Crippen LogP contribution in [0.1, 0.15) is 15.9 Å². The first-order valence-electron chi connectivity index (χ1n) is 6.96. The molecular formula is C15H26Cl2N4O2. The van der Waals surface area contributed by atoms with Crippen LogP contribution in [-0.2, 0) is 11.3 Å². The Kier molecular flexibility index (Phi) is 13.7. The molecule has 0 fully saturated rings. The minimum Gasteiger partial charge on any atom is -0.351 e. The van der Waals surface area contributed by atoms with Crippen molar-refractivity contribution in [1.29, 1.82) is 0 Å². The van der Waals surface area contributed by atoms with Crippen LogP contribution >= 0.6 is 24.8 Å². The summed E-state index contributed by atoms with van der Waals surface area (Å²) in [6, 6.07) is 7.23. The molecule has 8 heteroatoms. The summed E-state index contributed by atoms with van der Waals surface area (Å²) in [5, 5.41) is 8.43. The average Bonchev–Trinajstić information content (AvgIpc) is 2.45. The van der Waals surface area contributed by atoms with E-state index in [0.29, 0.717) is 25.2 Å². The van der Waals surface area contributed by atoms with Gasteiger partial charge in [-0.3, -0.25) is 9.59 Å². The number of hydrogen-bond donors (Lipinski definition) is 3. The molecule has 6 nitrogen and oxygen atoms in total. The van der Waals surface area contributed by atoms with E-state index in [1.165, 1.54) is 0 Å². The standard InChI is InChI=1S/C15H24N4O2.2ClH/c1-16-11-14(20)18-10-12-4-6-13(7-5-12)15(21)17-8-9-19(2)3;;/h4-7,16H,8-11H2,1-3H3,(H,17,21)(H,18,20);2*1H. The van der Waals surface area contributed by atoms with Gasteiger partial charge in [-0.25, -0.2) is 0 Å². The Morgan fingerprint density at radius 3 is 2.17 bits per heavy atom. The number of nitrogens with zero attached hydrogens (tertiary/aromatic N) is 1. The fourth-order valence-electron chi connectivity index (χ4n) is 1.69. The number of amides is 2. The lowest BCUT2D eigenvalue weighted by molar-refractivity contribution is -0.120. The van der Waals surface area contributed by atoms with Gasteiger partial charge in [-0.1, -0.05) is 12.1 Å². The van der Waals surface area contributed by atoms with Crippen molar-refractivity contribution in [2.24, 2.45) is 0 Å². The molecule has 23 heavy (non-hydrogen) atoms. The first kappa shape index (κ1) is 23.9. The molecule has 0 aliphatic rings. The molecule has 0 bridgehead atoms.